The molecule has 1 N–H and O–H groups in total. The van der Waals surface area contributed by atoms with Gasteiger partial charge in [0.2, 0.25) is 0 Å². The van der Waals surface area contributed by atoms with Crippen LogP contribution in [0.3, 0.4) is 0 Å². The van der Waals surface area contributed by atoms with E-state index in [1.165, 1.54) is 31.4 Å². The molecule has 2 heteroatoms. The molecule has 0 spiro atoms. The smallest absolute Gasteiger partial charge is 0.123 e. The minimum Gasteiger partial charge on any atom is -0.388 e. The molecular formula is C15H21FO. The van der Waals surface area contributed by atoms with E-state index in [0.717, 1.165) is 24.3 Å². The summed E-state index contributed by atoms with van der Waals surface area (Å²) in [4.78, 5) is 0. The second kappa shape index (κ2) is 5.63. The summed E-state index contributed by atoms with van der Waals surface area (Å²) in [6, 6.07) is 6.25. The van der Waals surface area contributed by atoms with Crippen LogP contribution in [0.25, 0.3) is 0 Å². The Balaban J connectivity index is 1.96. The Bertz CT molecular complexity index is 338. The van der Waals surface area contributed by atoms with E-state index in [2.05, 4.69) is 6.92 Å². The molecule has 2 rings (SSSR count). The second-order valence-corrected chi connectivity index (χ2v) is 5.19. The first-order chi connectivity index (χ1) is 8.20. The van der Waals surface area contributed by atoms with Gasteiger partial charge in [-0.25, -0.2) is 4.39 Å². The molecule has 0 saturated heterocycles. The van der Waals surface area contributed by atoms with Gasteiger partial charge in [-0.15, -0.1) is 0 Å². The topological polar surface area (TPSA) is 20.2 Å². The minimum absolute atomic E-state index is 0.240. The first kappa shape index (κ1) is 12.6. The van der Waals surface area contributed by atoms with Gasteiger partial charge in [0.05, 0.1) is 6.10 Å². The molecule has 1 atom stereocenters. The van der Waals surface area contributed by atoms with E-state index >= 15 is 0 Å². The van der Waals surface area contributed by atoms with Crippen LogP contribution >= 0.6 is 0 Å². The highest BCUT2D eigenvalue weighted by atomic mass is 19.1. The Hall–Kier alpha value is -0.890. The highest BCUT2D eigenvalue weighted by Crippen LogP contribution is 2.37. The van der Waals surface area contributed by atoms with Gasteiger partial charge in [0, 0.05) is 0 Å². The van der Waals surface area contributed by atoms with E-state index in [-0.39, 0.29) is 5.82 Å². The molecule has 94 valence electrons. The predicted octanol–water partition coefficient (Wildman–Crippen LogP) is 4.08. The number of hydrogen-bond donors (Lipinski definition) is 1. The molecule has 0 radical (unpaired) electrons. The highest BCUT2D eigenvalue weighted by Gasteiger charge is 2.26. The van der Waals surface area contributed by atoms with Crippen molar-refractivity contribution in [1.29, 1.82) is 0 Å². The average molecular weight is 236 g/mol. The summed E-state index contributed by atoms with van der Waals surface area (Å²) in [7, 11) is 0. The molecule has 1 aliphatic rings. The van der Waals surface area contributed by atoms with Crippen LogP contribution in [0.4, 0.5) is 4.39 Å². The standard InChI is InChI=1S/C15H21FO/c1-2-11-3-5-12(6-4-11)15(17)13-7-9-14(16)10-8-13/h7-12,15,17H,2-6H2,1H3. The molecule has 0 amide bonds. The van der Waals surface area contributed by atoms with E-state index in [9.17, 15) is 9.50 Å². The van der Waals surface area contributed by atoms with E-state index in [1.807, 2.05) is 0 Å². The SMILES string of the molecule is CCC1CCC(C(O)c2ccc(F)cc2)CC1. The first-order valence-corrected chi connectivity index (χ1v) is 6.64. The van der Waals surface area contributed by atoms with Crippen LogP contribution in [0, 0.1) is 17.7 Å². The monoisotopic (exact) mass is 236 g/mol. The van der Waals surface area contributed by atoms with E-state index in [1.54, 1.807) is 12.1 Å². The van der Waals surface area contributed by atoms with Gasteiger partial charge < -0.3 is 5.11 Å². The van der Waals surface area contributed by atoms with Crippen molar-refractivity contribution in [2.45, 2.75) is 45.1 Å². The summed E-state index contributed by atoms with van der Waals surface area (Å²) < 4.78 is 12.8. The van der Waals surface area contributed by atoms with Gasteiger partial charge in [-0.1, -0.05) is 38.3 Å². The molecule has 1 nitrogen and oxygen atoms in total. The Morgan fingerprint density at radius 1 is 1.18 bits per heavy atom. The lowest BCUT2D eigenvalue weighted by atomic mass is 9.77. The van der Waals surface area contributed by atoms with Crippen molar-refractivity contribution in [3.05, 3.63) is 35.6 Å². The van der Waals surface area contributed by atoms with Gasteiger partial charge in [0.1, 0.15) is 5.82 Å². The summed E-state index contributed by atoms with van der Waals surface area (Å²) in [5.74, 6) is 0.950. The average Bonchev–Trinajstić information content (AvgIpc) is 2.39. The van der Waals surface area contributed by atoms with E-state index < -0.39 is 6.10 Å². The van der Waals surface area contributed by atoms with Crippen molar-refractivity contribution in [3.63, 3.8) is 0 Å². The minimum atomic E-state index is -0.423. The lowest BCUT2D eigenvalue weighted by Gasteiger charge is -2.31. The predicted molar refractivity (Wildman–Crippen MR) is 67.1 cm³/mol. The van der Waals surface area contributed by atoms with Crippen LogP contribution in [0.2, 0.25) is 0 Å². The molecule has 0 bridgehead atoms. The third kappa shape index (κ3) is 3.06. The van der Waals surface area contributed by atoms with Gasteiger partial charge in [-0.05, 0) is 42.4 Å². The van der Waals surface area contributed by atoms with Crippen LogP contribution in [0.5, 0.6) is 0 Å². The second-order valence-electron chi connectivity index (χ2n) is 5.19. The lowest BCUT2D eigenvalue weighted by Crippen LogP contribution is -2.20. The van der Waals surface area contributed by atoms with E-state index in [0.29, 0.717) is 5.92 Å². The molecule has 17 heavy (non-hydrogen) atoms. The van der Waals surface area contributed by atoms with Crippen LogP contribution < -0.4 is 0 Å². The largest absolute Gasteiger partial charge is 0.388 e. The summed E-state index contributed by atoms with van der Waals surface area (Å²) in [6.07, 6.45) is 5.46. The fourth-order valence-corrected chi connectivity index (χ4v) is 2.84. The van der Waals surface area contributed by atoms with Crippen molar-refractivity contribution >= 4 is 0 Å². The zero-order valence-electron chi connectivity index (χ0n) is 10.4. The van der Waals surface area contributed by atoms with Crippen LogP contribution in [-0.4, -0.2) is 5.11 Å². The summed E-state index contributed by atoms with van der Waals surface area (Å²) in [6.45, 7) is 2.24. The molecule has 0 aromatic heterocycles. The van der Waals surface area contributed by atoms with Gasteiger partial charge in [0.15, 0.2) is 0 Å². The highest BCUT2D eigenvalue weighted by molar-refractivity contribution is 5.19. The fraction of sp³-hybridized carbons (Fsp3) is 0.600. The Labute approximate surface area is 103 Å². The lowest BCUT2D eigenvalue weighted by molar-refractivity contribution is 0.0729. The quantitative estimate of drug-likeness (QED) is 0.838. The van der Waals surface area contributed by atoms with E-state index in [4.69, 9.17) is 0 Å². The third-order valence-corrected chi connectivity index (χ3v) is 4.13. The van der Waals surface area contributed by atoms with Crippen LogP contribution in [0.1, 0.15) is 50.7 Å². The summed E-state index contributed by atoms with van der Waals surface area (Å²) >= 11 is 0. The maximum Gasteiger partial charge on any atom is 0.123 e. The molecular weight excluding hydrogens is 215 g/mol. The Morgan fingerprint density at radius 3 is 2.29 bits per heavy atom. The van der Waals surface area contributed by atoms with Crippen LogP contribution in [-0.2, 0) is 0 Å². The number of benzene rings is 1. The third-order valence-electron chi connectivity index (χ3n) is 4.13. The van der Waals surface area contributed by atoms with Crippen molar-refractivity contribution in [2.75, 3.05) is 0 Å². The molecule has 1 fully saturated rings. The Kier molecular flexibility index (Phi) is 4.16. The molecule has 0 heterocycles. The maximum atomic E-state index is 12.8. The fourth-order valence-electron chi connectivity index (χ4n) is 2.84. The molecule has 1 aliphatic carbocycles. The molecule has 1 unspecified atom stereocenters. The number of aliphatic hydroxyl groups excluding tert-OH is 1. The zero-order chi connectivity index (χ0) is 12.3. The van der Waals surface area contributed by atoms with Gasteiger partial charge in [-0.3, -0.25) is 0 Å². The number of halogens is 1. The first-order valence-electron chi connectivity index (χ1n) is 6.64. The van der Waals surface area contributed by atoms with Gasteiger partial charge in [0.25, 0.3) is 0 Å². The molecule has 1 saturated carbocycles. The van der Waals surface area contributed by atoms with Gasteiger partial charge >= 0.3 is 0 Å². The van der Waals surface area contributed by atoms with Crippen LogP contribution in [0.15, 0.2) is 24.3 Å². The number of rotatable bonds is 3. The summed E-state index contributed by atoms with van der Waals surface area (Å²) in [5, 5.41) is 10.3. The number of aliphatic hydroxyl groups is 1. The normalized spacial score (nSPS) is 26.8. The van der Waals surface area contributed by atoms with Crippen molar-refractivity contribution in [1.82, 2.24) is 0 Å². The summed E-state index contributed by atoms with van der Waals surface area (Å²) in [5.41, 5.74) is 0.853. The Morgan fingerprint density at radius 2 is 1.76 bits per heavy atom. The zero-order valence-corrected chi connectivity index (χ0v) is 10.4. The molecule has 0 aliphatic heterocycles. The number of hydrogen-bond acceptors (Lipinski definition) is 1. The molecule has 1 aromatic rings. The maximum absolute atomic E-state index is 12.8. The molecule has 1 aromatic carbocycles. The van der Waals surface area contributed by atoms with Crippen molar-refractivity contribution < 1.29 is 9.50 Å². The van der Waals surface area contributed by atoms with Crippen molar-refractivity contribution in [2.24, 2.45) is 11.8 Å². The van der Waals surface area contributed by atoms with Gasteiger partial charge in [-0.2, -0.15) is 0 Å². The van der Waals surface area contributed by atoms with Crippen molar-refractivity contribution in [3.8, 4) is 0 Å².